The number of benzene rings is 3. The van der Waals surface area contributed by atoms with Crippen LogP contribution in [0.25, 0.3) is 21.7 Å². The van der Waals surface area contributed by atoms with Crippen molar-refractivity contribution in [1.82, 2.24) is 35.6 Å². The Morgan fingerprint density at radius 1 is 0.840 bits per heavy atom. The second-order valence-electron chi connectivity index (χ2n) is 21.3. The zero-order valence-electron chi connectivity index (χ0n) is 45.0. The van der Waals surface area contributed by atoms with Gasteiger partial charge in [-0.15, -0.1) is 21.5 Å². The van der Waals surface area contributed by atoms with Gasteiger partial charge in [-0.1, -0.05) is 146 Å². The molecule has 0 bridgehead atoms. The number of likely N-dealkylation sites (tertiary alicyclic amines) is 1. The number of nitrogens with zero attached hydrogens (tertiary/aromatic N) is 5. The first kappa shape index (κ1) is 57.9. The Bertz CT molecular complexity index is 2620. The monoisotopic (exact) mass is 1040 g/mol. The van der Waals surface area contributed by atoms with Gasteiger partial charge in [-0.05, 0) is 66.5 Å². The van der Waals surface area contributed by atoms with Crippen LogP contribution in [-0.2, 0) is 32.1 Å². The van der Waals surface area contributed by atoms with E-state index in [0.717, 1.165) is 77.8 Å². The predicted octanol–water partition coefficient (Wildman–Crippen LogP) is 10.3. The van der Waals surface area contributed by atoms with Crippen molar-refractivity contribution >= 4 is 40.8 Å². The number of aryl methyl sites for hydroxylation is 1. The smallest absolute Gasteiger partial charge is 0.246 e. The number of amides is 4. The van der Waals surface area contributed by atoms with Crippen molar-refractivity contribution in [3.05, 3.63) is 107 Å². The number of hydrogen-bond acceptors (Lipinski definition) is 12. The number of aromatic nitrogens is 3. The molecule has 3 aromatic carbocycles. The molecule has 16 heteroatoms. The summed E-state index contributed by atoms with van der Waals surface area (Å²) in [5.74, 6) is 0.00424. The summed E-state index contributed by atoms with van der Waals surface area (Å²) in [6.45, 7) is 10.6. The molecule has 0 spiro atoms. The van der Waals surface area contributed by atoms with E-state index in [2.05, 4.69) is 37.9 Å². The number of carbonyl (C=O) groups excluding carboxylic acids is 4. The van der Waals surface area contributed by atoms with Crippen LogP contribution < -0.4 is 21.1 Å². The van der Waals surface area contributed by atoms with E-state index in [1.165, 1.54) is 37.0 Å². The van der Waals surface area contributed by atoms with Crippen molar-refractivity contribution in [2.45, 2.75) is 168 Å². The van der Waals surface area contributed by atoms with Gasteiger partial charge >= 0.3 is 0 Å². The van der Waals surface area contributed by atoms with Gasteiger partial charge in [0.1, 0.15) is 23.5 Å². The highest BCUT2D eigenvalue weighted by Crippen LogP contribution is 2.32. The second-order valence-corrected chi connectivity index (χ2v) is 22.1. The van der Waals surface area contributed by atoms with Crippen molar-refractivity contribution in [3.63, 3.8) is 0 Å². The molecule has 5 aromatic rings. The minimum atomic E-state index is -0.844. The molecule has 0 saturated carbocycles. The van der Waals surface area contributed by atoms with E-state index in [4.69, 9.17) is 10.5 Å². The van der Waals surface area contributed by atoms with Crippen molar-refractivity contribution < 1.29 is 34.1 Å². The number of hydrogen-bond donors (Lipinski definition) is 5. The summed E-state index contributed by atoms with van der Waals surface area (Å²) in [6, 6.07) is 22.8. The number of β-amino-alcohol motifs (C(OH)–C–C–N with tert-alkyl or cyclic N) is 1. The predicted molar refractivity (Wildman–Crippen MR) is 297 cm³/mol. The molecule has 1 saturated heterocycles. The number of unbranched alkanes of at least 4 members (excludes halogenated alkanes) is 11. The van der Waals surface area contributed by atoms with Gasteiger partial charge in [0.25, 0.3) is 0 Å². The lowest BCUT2D eigenvalue weighted by atomic mass is 9.85. The fourth-order valence-electron chi connectivity index (χ4n) is 9.54. The molecule has 6 rings (SSSR count). The maximum absolute atomic E-state index is 14.1. The molecule has 3 heterocycles. The number of para-hydroxylation sites is 1. The largest absolute Gasteiger partial charge is 0.507 e. The van der Waals surface area contributed by atoms with Crippen LogP contribution in [0.3, 0.4) is 0 Å². The summed E-state index contributed by atoms with van der Waals surface area (Å²) in [7, 11) is 1.86. The Labute approximate surface area is 448 Å². The SMILES string of the molecule is Cc1ncsc1-c1ccc([C@H](C)NC(=O)[C@@H]2C[C@@H](O)CN2C(=O)[C@@H](NC(=O)CCCCCCCCCCCCCCC(=O)N(C)Cc2ccc(CCOc3cc(-c4ccccc4O)nnc3N)cc2)C(C)(C)C)cc1. The Balaban J connectivity index is 0.777. The normalized spacial score (nSPS) is 15.3. The molecular formula is C59H80N8O7S. The first-order chi connectivity index (χ1) is 36.0. The molecule has 404 valence electrons. The molecule has 1 fully saturated rings. The van der Waals surface area contributed by atoms with Gasteiger partial charge in [0.15, 0.2) is 11.6 Å². The van der Waals surface area contributed by atoms with Gasteiger partial charge in [0.05, 0.1) is 34.8 Å². The Morgan fingerprint density at radius 2 is 1.45 bits per heavy atom. The number of aromatic hydroxyl groups is 1. The van der Waals surface area contributed by atoms with Crippen LogP contribution in [0.4, 0.5) is 5.82 Å². The van der Waals surface area contributed by atoms with Gasteiger partial charge in [0, 0.05) is 57.5 Å². The van der Waals surface area contributed by atoms with Crippen LogP contribution in [0.5, 0.6) is 11.5 Å². The first-order valence-electron chi connectivity index (χ1n) is 26.9. The summed E-state index contributed by atoms with van der Waals surface area (Å²) in [5, 5.41) is 35.0. The first-order valence-corrected chi connectivity index (χ1v) is 27.8. The maximum atomic E-state index is 14.1. The van der Waals surface area contributed by atoms with E-state index in [-0.39, 0.29) is 54.2 Å². The maximum Gasteiger partial charge on any atom is 0.246 e. The summed E-state index contributed by atoms with van der Waals surface area (Å²) in [4.78, 5) is 62.5. The molecule has 4 amide bonds. The number of aliphatic hydroxyl groups is 1. The minimum Gasteiger partial charge on any atom is -0.507 e. The average molecular weight is 1050 g/mol. The van der Waals surface area contributed by atoms with E-state index in [1.807, 2.05) is 89.6 Å². The van der Waals surface area contributed by atoms with Gasteiger partial charge in [-0.25, -0.2) is 4.98 Å². The lowest BCUT2D eigenvalue weighted by Gasteiger charge is -2.35. The lowest BCUT2D eigenvalue weighted by molar-refractivity contribution is -0.144. The van der Waals surface area contributed by atoms with E-state index >= 15 is 0 Å². The van der Waals surface area contributed by atoms with Crippen molar-refractivity contribution in [2.24, 2.45) is 5.41 Å². The van der Waals surface area contributed by atoms with Gasteiger partial charge in [-0.3, -0.25) is 19.2 Å². The second kappa shape index (κ2) is 28.5. The number of nitrogens with one attached hydrogen (secondary N) is 2. The fourth-order valence-corrected chi connectivity index (χ4v) is 10.4. The van der Waals surface area contributed by atoms with Crippen LogP contribution in [0.2, 0.25) is 0 Å². The van der Waals surface area contributed by atoms with Crippen molar-refractivity contribution in [2.75, 3.05) is 25.9 Å². The summed E-state index contributed by atoms with van der Waals surface area (Å²) in [6.07, 6.45) is 13.7. The van der Waals surface area contributed by atoms with E-state index in [9.17, 15) is 29.4 Å². The van der Waals surface area contributed by atoms with E-state index in [0.29, 0.717) is 49.4 Å². The van der Waals surface area contributed by atoms with Crippen LogP contribution in [0.15, 0.2) is 84.4 Å². The number of nitrogen functional groups attached to an aromatic ring is 1. The molecule has 1 aliphatic rings. The van der Waals surface area contributed by atoms with Crippen LogP contribution in [0.1, 0.15) is 152 Å². The number of rotatable bonds is 28. The molecule has 0 aliphatic carbocycles. The average Bonchev–Trinajstić information content (AvgIpc) is 4.01. The van der Waals surface area contributed by atoms with Crippen LogP contribution >= 0.6 is 11.3 Å². The van der Waals surface area contributed by atoms with Crippen molar-refractivity contribution in [1.29, 1.82) is 0 Å². The molecule has 4 atom stereocenters. The van der Waals surface area contributed by atoms with Gasteiger partial charge < -0.3 is 41.1 Å². The molecule has 0 unspecified atom stereocenters. The Morgan fingerprint density at radius 3 is 2.07 bits per heavy atom. The summed E-state index contributed by atoms with van der Waals surface area (Å²) in [5.41, 5.74) is 13.4. The Hall–Kier alpha value is -6.39. The zero-order chi connectivity index (χ0) is 53.9. The van der Waals surface area contributed by atoms with E-state index < -0.39 is 23.6 Å². The third-order valence-corrected chi connectivity index (χ3v) is 15.1. The standard InChI is InChI=1S/C59H80N8O7S/c1-40(44-29-31-45(32-30-44)54-41(2)61-39-75-54)62-57(72)49-35-46(68)38-67(49)58(73)55(59(3,4)5)63-52(70)23-17-15-13-11-9-7-8-10-12-14-16-18-24-53(71)66(6)37-43-27-25-42(26-28-43)33-34-74-51-36-48(64-65-56(51)60)47-21-19-20-22-50(47)69/h19-22,25-32,36,39-40,46,49,55,68-69H,7-18,23-24,33-35,37-38H2,1-6H3,(H2,60,65)(H,62,72)(H,63,70)/t40-,46+,49-,55+/m0/s1. The number of carbonyl (C=O) groups is 4. The highest BCUT2D eigenvalue weighted by molar-refractivity contribution is 7.13. The number of ether oxygens (including phenoxy) is 1. The van der Waals surface area contributed by atoms with Crippen molar-refractivity contribution in [3.8, 4) is 33.2 Å². The molecular weight excluding hydrogens is 965 g/mol. The zero-order valence-corrected chi connectivity index (χ0v) is 45.8. The number of thiazole rings is 1. The molecule has 0 radical (unpaired) electrons. The van der Waals surface area contributed by atoms with Crippen LogP contribution in [0, 0.1) is 12.3 Å². The van der Waals surface area contributed by atoms with Gasteiger partial charge in [-0.2, -0.15) is 0 Å². The molecule has 1 aliphatic heterocycles. The third kappa shape index (κ3) is 17.6. The van der Waals surface area contributed by atoms with Gasteiger partial charge in [0.2, 0.25) is 23.6 Å². The van der Waals surface area contributed by atoms with E-state index in [1.54, 1.807) is 40.5 Å². The summed E-state index contributed by atoms with van der Waals surface area (Å²) < 4.78 is 5.94. The molecule has 6 N–H and O–H groups in total. The third-order valence-electron chi connectivity index (χ3n) is 14.1. The Kier molecular flexibility index (Phi) is 22.0. The number of phenols is 1. The molecule has 75 heavy (non-hydrogen) atoms. The quantitative estimate of drug-likeness (QED) is 0.0297. The minimum absolute atomic E-state index is 0.0353. The highest BCUT2D eigenvalue weighted by Gasteiger charge is 2.44. The molecule has 15 nitrogen and oxygen atoms in total. The highest BCUT2D eigenvalue weighted by atomic mass is 32.1. The number of anilines is 1. The van der Waals surface area contributed by atoms with Crippen LogP contribution in [-0.4, -0.2) is 97.2 Å². The summed E-state index contributed by atoms with van der Waals surface area (Å²) >= 11 is 1.59. The topological polar surface area (TPSA) is 213 Å². The number of nitrogens with two attached hydrogens (primary N) is 1. The lowest BCUT2D eigenvalue weighted by Crippen LogP contribution is -2.57. The number of phenolic OH excluding ortho intramolecular Hbond substituents is 1. The fraction of sp³-hybridized carbons (Fsp3) is 0.508. The number of aliphatic hydroxyl groups excluding tert-OH is 1. The molecule has 2 aromatic heterocycles.